The Kier molecular flexibility index (Phi) is 5.42. The van der Waals surface area contributed by atoms with Crippen molar-refractivity contribution in [2.75, 3.05) is 0 Å². The van der Waals surface area contributed by atoms with E-state index in [1.807, 2.05) is 24.3 Å². The van der Waals surface area contributed by atoms with Crippen molar-refractivity contribution in [2.24, 2.45) is 5.92 Å². The molecule has 1 aliphatic rings. The number of hydrogen-bond acceptors (Lipinski definition) is 3. The van der Waals surface area contributed by atoms with Gasteiger partial charge in [-0.15, -0.1) is 0 Å². The van der Waals surface area contributed by atoms with Crippen LogP contribution in [-0.4, -0.2) is 32.7 Å². The van der Waals surface area contributed by atoms with Gasteiger partial charge < -0.3 is 14.9 Å². The van der Waals surface area contributed by atoms with E-state index in [4.69, 9.17) is 4.74 Å². The van der Waals surface area contributed by atoms with Crippen LogP contribution in [-0.2, 0) is 6.61 Å². The summed E-state index contributed by atoms with van der Waals surface area (Å²) in [5.41, 5.74) is 0.775. The number of rotatable bonds is 5. The van der Waals surface area contributed by atoms with Crippen LogP contribution >= 0.6 is 0 Å². The molecule has 0 amide bonds. The molecule has 0 aliphatic heterocycles. The van der Waals surface area contributed by atoms with Crippen LogP contribution < -0.4 is 4.74 Å². The molecule has 3 atom stereocenters. The van der Waals surface area contributed by atoms with E-state index < -0.39 is 6.10 Å². The van der Waals surface area contributed by atoms with Crippen molar-refractivity contribution in [1.82, 2.24) is 0 Å². The normalized spacial score (nSPS) is 27.2. The molecule has 0 aromatic heterocycles. The summed E-state index contributed by atoms with van der Waals surface area (Å²) in [4.78, 5) is 0. The van der Waals surface area contributed by atoms with Crippen molar-refractivity contribution in [3.8, 4) is 5.75 Å². The number of para-hydroxylation sites is 1. The van der Waals surface area contributed by atoms with E-state index in [0.29, 0.717) is 11.7 Å². The van der Waals surface area contributed by atoms with Crippen LogP contribution in [0, 0.1) is 5.92 Å². The van der Waals surface area contributed by atoms with Crippen LogP contribution in [0.25, 0.3) is 0 Å². The summed E-state index contributed by atoms with van der Waals surface area (Å²) < 4.78 is 5.94. The Morgan fingerprint density at radius 2 is 2.05 bits per heavy atom. The molecule has 2 N–H and O–H groups in total. The molecule has 3 nitrogen and oxygen atoms in total. The minimum atomic E-state index is -0.420. The summed E-state index contributed by atoms with van der Waals surface area (Å²) in [5, 5.41) is 19.7. The fourth-order valence-corrected chi connectivity index (χ4v) is 3.14. The van der Waals surface area contributed by atoms with Gasteiger partial charge in [-0.1, -0.05) is 30.7 Å². The van der Waals surface area contributed by atoms with Gasteiger partial charge in [-0.25, -0.2) is 0 Å². The fourth-order valence-electron chi connectivity index (χ4n) is 2.77. The van der Waals surface area contributed by atoms with Crippen LogP contribution in [0.2, 0.25) is 6.04 Å². The summed E-state index contributed by atoms with van der Waals surface area (Å²) in [5.74, 6) is 0.991. The van der Waals surface area contributed by atoms with Crippen LogP contribution in [0.1, 0.15) is 31.2 Å². The molecular weight excluding hydrogens is 256 g/mol. The SMILES string of the molecule is OCc1ccccc1OC1CCCC(CC[Si])C1O. The molecule has 2 rings (SSSR count). The third kappa shape index (κ3) is 3.59. The first-order valence-electron chi connectivity index (χ1n) is 6.94. The van der Waals surface area contributed by atoms with Gasteiger partial charge in [0.15, 0.2) is 0 Å². The quantitative estimate of drug-likeness (QED) is 0.810. The maximum Gasteiger partial charge on any atom is 0.125 e. The number of aliphatic hydroxyl groups excluding tert-OH is 2. The molecule has 4 heteroatoms. The molecule has 0 saturated heterocycles. The zero-order chi connectivity index (χ0) is 13.7. The van der Waals surface area contributed by atoms with Crippen molar-refractivity contribution in [2.45, 2.75) is 50.5 Å². The van der Waals surface area contributed by atoms with Crippen LogP contribution in [0.5, 0.6) is 5.75 Å². The second-order valence-electron chi connectivity index (χ2n) is 5.14. The number of hydrogen-bond donors (Lipinski definition) is 2. The molecule has 0 bridgehead atoms. The van der Waals surface area contributed by atoms with Gasteiger partial charge >= 0.3 is 0 Å². The Labute approximate surface area is 118 Å². The molecule has 0 spiro atoms. The fraction of sp³-hybridized carbons (Fsp3) is 0.600. The van der Waals surface area contributed by atoms with Crippen molar-refractivity contribution in [1.29, 1.82) is 0 Å². The Balaban J connectivity index is 2.05. The molecule has 3 unspecified atom stereocenters. The van der Waals surface area contributed by atoms with E-state index in [0.717, 1.165) is 37.3 Å². The summed E-state index contributed by atoms with van der Waals surface area (Å²) in [6.45, 7) is -0.0382. The third-order valence-corrected chi connectivity index (χ3v) is 4.15. The Morgan fingerprint density at radius 1 is 1.26 bits per heavy atom. The summed E-state index contributed by atoms with van der Waals surface area (Å²) in [6, 6.07) is 8.37. The Morgan fingerprint density at radius 3 is 2.79 bits per heavy atom. The van der Waals surface area contributed by atoms with E-state index in [1.54, 1.807) is 0 Å². The van der Waals surface area contributed by atoms with E-state index in [1.165, 1.54) is 0 Å². The summed E-state index contributed by atoms with van der Waals surface area (Å²) in [6.07, 6.45) is 3.41. The highest BCUT2D eigenvalue weighted by Crippen LogP contribution is 2.31. The van der Waals surface area contributed by atoms with E-state index in [9.17, 15) is 10.2 Å². The predicted molar refractivity (Wildman–Crippen MR) is 75.3 cm³/mol. The minimum Gasteiger partial charge on any atom is -0.487 e. The zero-order valence-corrected chi connectivity index (χ0v) is 12.1. The van der Waals surface area contributed by atoms with Gasteiger partial charge in [-0.3, -0.25) is 0 Å². The average molecular weight is 277 g/mol. The molecule has 103 valence electrons. The molecule has 1 aliphatic carbocycles. The number of benzene rings is 1. The maximum atomic E-state index is 10.4. The second kappa shape index (κ2) is 7.08. The molecule has 1 aromatic rings. The summed E-state index contributed by atoms with van der Waals surface area (Å²) >= 11 is 0. The molecule has 1 fully saturated rings. The van der Waals surface area contributed by atoms with Gasteiger partial charge in [0.2, 0.25) is 0 Å². The van der Waals surface area contributed by atoms with Crippen molar-refractivity contribution in [3.63, 3.8) is 0 Å². The van der Waals surface area contributed by atoms with E-state index in [-0.39, 0.29) is 12.7 Å². The lowest BCUT2D eigenvalue weighted by Crippen LogP contribution is -2.41. The van der Waals surface area contributed by atoms with E-state index >= 15 is 0 Å². The van der Waals surface area contributed by atoms with Gasteiger partial charge in [0, 0.05) is 15.8 Å². The van der Waals surface area contributed by atoms with Gasteiger partial charge in [-0.05, 0) is 31.2 Å². The lowest BCUT2D eigenvalue weighted by molar-refractivity contribution is -0.0327. The molecule has 1 aromatic carbocycles. The maximum absolute atomic E-state index is 10.4. The third-order valence-electron chi connectivity index (χ3n) is 3.86. The average Bonchev–Trinajstić information content (AvgIpc) is 2.44. The van der Waals surface area contributed by atoms with Gasteiger partial charge in [-0.2, -0.15) is 0 Å². The molecule has 0 heterocycles. The van der Waals surface area contributed by atoms with E-state index in [2.05, 4.69) is 10.2 Å². The largest absolute Gasteiger partial charge is 0.487 e. The van der Waals surface area contributed by atoms with Crippen molar-refractivity contribution in [3.05, 3.63) is 29.8 Å². The van der Waals surface area contributed by atoms with Crippen LogP contribution in [0.15, 0.2) is 24.3 Å². The van der Waals surface area contributed by atoms with Gasteiger partial charge in [0.1, 0.15) is 11.9 Å². The predicted octanol–water partition coefficient (Wildman–Crippen LogP) is 2.06. The highest BCUT2D eigenvalue weighted by atomic mass is 28.1. The lowest BCUT2D eigenvalue weighted by Gasteiger charge is -2.35. The smallest absolute Gasteiger partial charge is 0.125 e. The second-order valence-corrected chi connectivity index (χ2v) is 5.64. The molecule has 19 heavy (non-hydrogen) atoms. The Bertz CT molecular complexity index is 395. The molecular formula is C15H21O3Si. The van der Waals surface area contributed by atoms with Gasteiger partial charge in [0.25, 0.3) is 0 Å². The number of ether oxygens (including phenoxy) is 1. The minimum absolute atomic E-state index is 0.0382. The first-order chi connectivity index (χ1) is 9.26. The van der Waals surface area contributed by atoms with Crippen LogP contribution in [0.4, 0.5) is 0 Å². The lowest BCUT2D eigenvalue weighted by atomic mass is 9.83. The molecule has 3 radical (unpaired) electrons. The summed E-state index contributed by atoms with van der Waals surface area (Å²) in [7, 11) is 3.48. The van der Waals surface area contributed by atoms with Crippen LogP contribution in [0.3, 0.4) is 0 Å². The number of aliphatic hydroxyl groups is 2. The first kappa shape index (κ1) is 14.6. The standard InChI is InChI=1S/C15H21O3Si/c16-10-12-4-1-2-6-13(12)18-14-7-3-5-11(8-9-19)15(14)17/h1-2,4,6,11,14-17H,3,5,7-10H2. The van der Waals surface area contributed by atoms with Gasteiger partial charge in [0.05, 0.1) is 12.7 Å². The monoisotopic (exact) mass is 277 g/mol. The first-order valence-corrected chi connectivity index (χ1v) is 7.65. The molecule has 1 saturated carbocycles. The topological polar surface area (TPSA) is 49.7 Å². The van der Waals surface area contributed by atoms with Crippen molar-refractivity contribution < 1.29 is 14.9 Å². The zero-order valence-electron chi connectivity index (χ0n) is 11.1. The van der Waals surface area contributed by atoms with Crippen molar-refractivity contribution >= 4 is 10.2 Å². The Hall–Kier alpha value is -0.843. The highest BCUT2D eigenvalue weighted by molar-refractivity contribution is 6.08. The highest BCUT2D eigenvalue weighted by Gasteiger charge is 2.32.